The van der Waals surface area contributed by atoms with Crippen LogP contribution in [0, 0.1) is 11.2 Å². The van der Waals surface area contributed by atoms with E-state index >= 15 is 0 Å². The molecule has 118 valence electrons. The summed E-state index contributed by atoms with van der Waals surface area (Å²) >= 11 is 0. The summed E-state index contributed by atoms with van der Waals surface area (Å²) in [7, 11) is 0. The fourth-order valence-corrected chi connectivity index (χ4v) is 2.69. The predicted octanol–water partition coefficient (Wildman–Crippen LogP) is 2.68. The minimum atomic E-state index is -0.276. The van der Waals surface area contributed by atoms with Crippen LogP contribution in [0.15, 0.2) is 24.3 Å². The molecule has 1 aliphatic rings. The third kappa shape index (κ3) is 5.29. The summed E-state index contributed by atoms with van der Waals surface area (Å²) in [5.41, 5.74) is 1.04. The van der Waals surface area contributed by atoms with E-state index in [1.807, 2.05) is 0 Å². The monoisotopic (exact) mass is 314 g/mol. The van der Waals surface area contributed by atoms with E-state index in [2.05, 4.69) is 24.5 Å². The number of carbonyl (C=O) groups excluding carboxylic acids is 1. The van der Waals surface area contributed by atoms with Crippen molar-refractivity contribution in [2.45, 2.75) is 39.2 Å². The average Bonchev–Trinajstić information content (AvgIpc) is 2.40. The number of piperidine rings is 1. The standard InChI is InChI=1S/C16H23FN2O.ClH/c1-16(2)8-3-9-18-14(16)11-19-15(20)10-12-4-6-13(17)7-5-12;/h4-7,14,18H,3,8-11H2,1-2H3,(H,19,20);1H. The summed E-state index contributed by atoms with van der Waals surface area (Å²) in [6.07, 6.45) is 2.67. The highest BCUT2D eigenvalue weighted by Gasteiger charge is 2.31. The fourth-order valence-electron chi connectivity index (χ4n) is 2.69. The van der Waals surface area contributed by atoms with Gasteiger partial charge in [-0.05, 0) is 42.5 Å². The maximum absolute atomic E-state index is 12.8. The molecule has 3 nitrogen and oxygen atoms in total. The van der Waals surface area contributed by atoms with Gasteiger partial charge in [0.25, 0.3) is 0 Å². The third-order valence-electron chi connectivity index (χ3n) is 4.11. The predicted molar refractivity (Wildman–Crippen MR) is 85.2 cm³/mol. The molecular weight excluding hydrogens is 291 g/mol. The van der Waals surface area contributed by atoms with Crippen molar-refractivity contribution in [1.29, 1.82) is 0 Å². The minimum absolute atomic E-state index is 0. The Labute approximate surface area is 132 Å². The Morgan fingerprint density at radius 2 is 2.05 bits per heavy atom. The zero-order chi connectivity index (χ0) is 14.6. The van der Waals surface area contributed by atoms with Gasteiger partial charge < -0.3 is 10.6 Å². The second-order valence-corrected chi connectivity index (χ2v) is 6.21. The highest BCUT2D eigenvalue weighted by atomic mass is 35.5. The van der Waals surface area contributed by atoms with E-state index in [0.717, 1.165) is 12.1 Å². The highest BCUT2D eigenvalue weighted by molar-refractivity contribution is 5.85. The van der Waals surface area contributed by atoms with Crippen LogP contribution in [0.2, 0.25) is 0 Å². The molecule has 0 aliphatic carbocycles. The van der Waals surface area contributed by atoms with Crippen LogP contribution in [0.25, 0.3) is 0 Å². The number of halogens is 2. The van der Waals surface area contributed by atoms with Crippen LogP contribution in [-0.2, 0) is 11.2 Å². The van der Waals surface area contributed by atoms with Gasteiger partial charge in [-0.25, -0.2) is 4.39 Å². The van der Waals surface area contributed by atoms with Gasteiger partial charge in [-0.1, -0.05) is 26.0 Å². The molecule has 1 heterocycles. The van der Waals surface area contributed by atoms with Crippen molar-refractivity contribution in [1.82, 2.24) is 10.6 Å². The van der Waals surface area contributed by atoms with Gasteiger partial charge in [0.05, 0.1) is 6.42 Å². The smallest absolute Gasteiger partial charge is 0.224 e. The molecule has 1 saturated heterocycles. The average molecular weight is 315 g/mol. The summed E-state index contributed by atoms with van der Waals surface area (Å²) in [4.78, 5) is 11.9. The van der Waals surface area contributed by atoms with Crippen molar-refractivity contribution < 1.29 is 9.18 Å². The largest absolute Gasteiger partial charge is 0.354 e. The first-order valence-corrected chi connectivity index (χ1v) is 7.22. The molecule has 21 heavy (non-hydrogen) atoms. The Hall–Kier alpha value is -1.13. The van der Waals surface area contributed by atoms with Crippen molar-refractivity contribution in [2.24, 2.45) is 5.41 Å². The molecule has 1 aromatic carbocycles. The first-order chi connectivity index (χ1) is 9.47. The molecule has 0 spiro atoms. The van der Waals surface area contributed by atoms with Crippen molar-refractivity contribution in [3.63, 3.8) is 0 Å². The highest BCUT2D eigenvalue weighted by Crippen LogP contribution is 2.29. The second-order valence-electron chi connectivity index (χ2n) is 6.21. The lowest BCUT2D eigenvalue weighted by atomic mass is 9.77. The van der Waals surface area contributed by atoms with Crippen molar-refractivity contribution >= 4 is 18.3 Å². The fraction of sp³-hybridized carbons (Fsp3) is 0.562. The van der Waals surface area contributed by atoms with Gasteiger partial charge in [-0.2, -0.15) is 0 Å². The Morgan fingerprint density at radius 3 is 2.67 bits per heavy atom. The van der Waals surface area contributed by atoms with Gasteiger partial charge in [0, 0.05) is 12.6 Å². The molecule has 1 amide bonds. The van der Waals surface area contributed by atoms with Crippen LogP contribution < -0.4 is 10.6 Å². The number of rotatable bonds is 4. The van der Waals surface area contributed by atoms with Crippen LogP contribution >= 0.6 is 12.4 Å². The number of hydrogen-bond acceptors (Lipinski definition) is 2. The molecule has 1 aromatic rings. The molecule has 0 saturated carbocycles. The topological polar surface area (TPSA) is 41.1 Å². The Kier molecular flexibility index (Phi) is 6.62. The molecule has 1 unspecified atom stereocenters. The van der Waals surface area contributed by atoms with Crippen LogP contribution in [0.1, 0.15) is 32.3 Å². The molecular formula is C16H24ClFN2O. The van der Waals surface area contributed by atoms with Crippen molar-refractivity contribution in [3.05, 3.63) is 35.6 Å². The minimum Gasteiger partial charge on any atom is -0.354 e. The lowest BCUT2D eigenvalue weighted by Gasteiger charge is -2.39. The Morgan fingerprint density at radius 1 is 1.38 bits per heavy atom. The summed E-state index contributed by atoms with van der Waals surface area (Å²) in [6, 6.07) is 6.38. The quantitative estimate of drug-likeness (QED) is 0.897. The number of hydrogen-bond donors (Lipinski definition) is 2. The lowest BCUT2D eigenvalue weighted by Crippen LogP contribution is -2.52. The van der Waals surface area contributed by atoms with Crippen LogP contribution in [-0.4, -0.2) is 25.0 Å². The molecule has 2 rings (SSSR count). The van der Waals surface area contributed by atoms with Gasteiger partial charge >= 0.3 is 0 Å². The number of carbonyl (C=O) groups is 1. The van der Waals surface area contributed by atoms with Gasteiger partial charge in [0.2, 0.25) is 5.91 Å². The molecule has 1 aliphatic heterocycles. The van der Waals surface area contributed by atoms with E-state index in [9.17, 15) is 9.18 Å². The summed E-state index contributed by atoms with van der Waals surface area (Å²) in [6.45, 7) is 6.13. The summed E-state index contributed by atoms with van der Waals surface area (Å²) in [5.74, 6) is -0.290. The number of nitrogens with one attached hydrogen (secondary N) is 2. The lowest BCUT2D eigenvalue weighted by molar-refractivity contribution is -0.120. The second kappa shape index (κ2) is 7.76. The van der Waals surface area contributed by atoms with Gasteiger partial charge in [-0.15, -0.1) is 12.4 Å². The zero-order valence-corrected chi connectivity index (χ0v) is 13.4. The van der Waals surface area contributed by atoms with E-state index in [4.69, 9.17) is 0 Å². The normalized spacial score (nSPS) is 20.4. The maximum Gasteiger partial charge on any atom is 0.224 e. The molecule has 1 fully saturated rings. The molecule has 1 atom stereocenters. The number of benzene rings is 1. The zero-order valence-electron chi connectivity index (χ0n) is 12.6. The van der Waals surface area contributed by atoms with Crippen LogP contribution in [0.5, 0.6) is 0 Å². The van der Waals surface area contributed by atoms with Gasteiger partial charge in [0.15, 0.2) is 0 Å². The third-order valence-corrected chi connectivity index (χ3v) is 4.11. The van der Waals surface area contributed by atoms with E-state index < -0.39 is 0 Å². The Balaban J connectivity index is 0.00000220. The summed E-state index contributed by atoms with van der Waals surface area (Å²) in [5, 5.41) is 6.45. The molecule has 2 N–H and O–H groups in total. The van der Waals surface area contributed by atoms with Crippen LogP contribution in [0.4, 0.5) is 4.39 Å². The van der Waals surface area contributed by atoms with E-state index in [0.29, 0.717) is 19.0 Å². The molecule has 0 bridgehead atoms. The van der Waals surface area contributed by atoms with Gasteiger partial charge in [-0.3, -0.25) is 4.79 Å². The van der Waals surface area contributed by atoms with Gasteiger partial charge in [0.1, 0.15) is 5.82 Å². The first kappa shape index (κ1) is 17.9. The molecule has 5 heteroatoms. The van der Waals surface area contributed by atoms with E-state index in [1.165, 1.54) is 25.0 Å². The Bertz CT molecular complexity index is 462. The van der Waals surface area contributed by atoms with E-state index in [1.54, 1.807) is 12.1 Å². The molecule has 0 radical (unpaired) electrons. The van der Waals surface area contributed by atoms with Crippen molar-refractivity contribution in [3.8, 4) is 0 Å². The molecule has 0 aromatic heterocycles. The van der Waals surface area contributed by atoms with Crippen molar-refractivity contribution in [2.75, 3.05) is 13.1 Å². The number of amides is 1. The first-order valence-electron chi connectivity index (χ1n) is 7.22. The summed E-state index contributed by atoms with van der Waals surface area (Å²) < 4.78 is 12.8. The van der Waals surface area contributed by atoms with E-state index in [-0.39, 0.29) is 29.5 Å². The van der Waals surface area contributed by atoms with Crippen LogP contribution in [0.3, 0.4) is 0 Å². The SMILES string of the molecule is CC1(C)CCCNC1CNC(=O)Cc1ccc(F)cc1.Cl. The maximum atomic E-state index is 12.8.